The molecule has 180 valence electrons. The summed E-state index contributed by atoms with van der Waals surface area (Å²) in [5.41, 5.74) is 4.32. The molecule has 2 aromatic rings. The Labute approximate surface area is 214 Å². The van der Waals surface area contributed by atoms with Gasteiger partial charge in [0.2, 0.25) is 5.91 Å². The average Bonchev–Trinajstić information content (AvgIpc) is 2.76. The molecule has 2 aromatic carbocycles. The van der Waals surface area contributed by atoms with Crippen molar-refractivity contribution in [2.75, 3.05) is 52.2 Å². The van der Waals surface area contributed by atoms with Gasteiger partial charge in [-0.2, -0.15) is 0 Å². The molecule has 7 nitrogen and oxygen atoms in total. The number of halogens is 1. The van der Waals surface area contributed by atoms with Crippen molar-refractivity contribution in [1.82, 2.24) is 15.1 Å². The fourth-order valence-electron chi connectivity index (χ4n) is 3.81. The SMILES string of the molecule is CCNC(=NCc1cccc(NC(=O)CN(C)C)c1)N1CCOC(c2ccccc2C)C1.I. The minimum absolute atomic E-state index is 0. The third kappa shape index (κ3) is 8.28. The number of anilines is 1. The van der Waals surface area contributed by atoms with Crippen molar-refractivity contribution >= 4 is 41.5 Å². The zero-order valence-electron chi connectivity index (χ0n) is 20.0. The standard InChI is InChI=1S/C25H35N5O2.HI/c1-5-26-25(30-13-14-32-23(17-30)22-12-7-6-9-19(22)2)27-16-20-10-8-11-21(15-20)28-24(31)18-29(3)4;/h6-12,15,23H,5,13-14,16-18H2,1-4H3,(H,26,27)(H,28,31);1H. The van der Waals surface area contributed by atoms with Crippen LogP contribution < -0.4 is 10.6 Å². The highest BCUT2D eigenvalue weighted by molar-refractivity contribution is 14.0. The summed E-state index contributed by atoms with van der Waals surface area (Å²) in [6.45, 7) is 8.11. The lowest BCUT2D eigenvalue weighted by Gasteiger charge is -2.35. The van der Waals surface area contributed by atoms with Gasteiger partial charge < -0.3 is 25.2 Å². The van der Waals surface area contributed by atoms with Crippen LogP contribution in [0, 0.1) is 6.92 Å². The second-order valence-electron chi connectivity index (χ2n) is 8.32. The number of aryl methyl sites for hydroxylation is 1. The van der Waals surface area contributed by atoms with Crippen molar-refractivity contribution in [3.05, 3.63) is 65.2 Å². The second-order valence-corrected chi connectivity index (χ2v) is 8.32. The van der Waals surface area contributed by atoms with E-state index in [1.807, 2.05) is 43.3 Å². The number of carbonyl (C=O) groups excluding carboxylic acids is 1. The highest BCUT2D eigenvalue weighted by Gasteiger charge is 2.25. The number of carbonyl (C=O) groups is 1. The van der Waals surface area contributed by atoms with Crippen LogP contribution in [0.2, 0.25) is 0 Å². The molecule has 1 amide bonds. The maximum atomic E-state index is 12.1. The smallest absolute Gasteiger partial charge is 0.238 e. The van der Waals surface area contributed by atoms with E-state index in [1.165, 1.54) is 11.1 Å². The zero-order chi connectivity index (χ0) is 22.9. The Hall–Kier alpha value is -2.17. The number of ether oxygens (including phenoxy) is 1. The molecule has 1 aliphatic heterocycles. The average molecular weight is 566 g/mol. The summed E-state index contributed by atoms with van der Waals surface area (Å²) < 4.78 is 6.08. The Bertz CT molecular complexity index is 935. The van der Waals surface area contributed by atoms with Crippen LogP contribution in [0.15, 0.2) is 53.5 Å². The molecule has 1 atom stereocenters. The van der Waals surface area contributed by atoms with Crippen LogP contribution in [0.1, 0.15) is 29.7 Å². The number of rotatable bonds is 7. The fourth-order valence-corrected chi connectivity index (χ4v) is 3.81. The first kappa shape index (κ1) is 27.1. The van der Waals surface area contributed by atoms with Crippen molar-refractivity contribution in [2.24, 2.45) is 4.99 Å². The number of morpholine rings is 1. The van der Waals surface area contributed by atoms with E-state index < -0.39 is 0 Å². The normalized spacial score (nSPS) is 16.3. The maximum Gasteiger partial charge on any atom is 0.238 e. The Morgan fingerprint density at radius 3 is 2.73 bits per heavy atom. The Morgan fingerprint density at radius 1 is 1.21 bits per heavy atom. The molecule has 0 aliphatic carbocycles. The molecule has 1 unspecified atom stereocenters. The number of likely N-dealkylation sites (N-methyl/N-ethyl adjacent to an activating group) is 1. The highest BCUT2D eigenvalue weighted by atomic mass is 127. The van der Waals surface area contributed by atoms with Gasteiger partial charge in [0, 0.05) is 18.8 Å². The van der Waals surface area contributed by atoms with E-state index in [0.29, 0.717) is 19.7 Å². The number of aliphatic imine (C=N–C) groups is 1. The first-order valence-corrected chi connectivity index (χ1v) is 11.2. The lowest BCUT2D eigenvalue weighted by Crippen LogP contribution is -2.48. The number of hydrogen-bond acceptors (Lipinski definition) is 4. The minimum Gasteiger partial charge on any atom is -0.370 e. The van der Waals surface area contributed by atoms with Crippen molar-refractivity contribution in [3.63, 3.8) is 0 Å². The molecular formula is C25H36IN5O2. The van der Waals surface area contributed by atoms with E-state index in [0.717, 1.165) is 36.8 Å². The molecule has 0 spiro atoms. The molecule has 2 N–H and O–H groups in total. The van der Waals surface area contributed by atoms with Crippen LogP contribution in [0.25, 0.3) is 0 Å². The molecule has 1 aliphatic rings. The number of guanidine groups is 1. The molecule has 0 radical (unpaired) electrons. The van der Waals surface area contributed by atoms with Gasteiger partial charge in [0.25, 0.3) is 0 Å². The number of hydrogen-bond donors (Lipinski definition) is 2. The highest BCUT2D eigenvalue weighted by Crippen LogP contribution is 2.25. The zero-order valence-corrected chi connectivity index (χ0v) is 22.3. The lowest BCUT2D eigenvalue weighted by atomic mass is 10.0. The van der Waals surface area contributed by atoms with Crippen molar-refractivity contribution in [3.8, 4) is 0 Å². The topological polar surface area (TPSA) is 69.2 Å². The van der Waals surface area contributed by atoms with Crippen LogP contribution in [-0.4, -0.2) is 68.5 Å². The predicted molar refractivity (Wildman–Crippen MR) is 145 cm³/mol. The van der Waals surface area contributed by atoms with Gasteiger partial charge in [-0.25, -0.2) is 4.99 Å². The van der Waals surface area contributed by atoms with Crippen LogP contribution in [0.3, 0.4) is 0 Å². The number of nitrogens with zero attached hydrogens (tertiary/aromatic N) is 3. The number of benzene rings is 2. The quantitative estimate of drug-likeness (QED) is 0.305. The van der Waals surface area contributed by atoms with E-state index in [2.05, 4.69) is 53.6 Å². The summed E-state index contributed by atoms with van der Waals surface area (Å²) in [4.78, 5) is 21.1. The summed E-state index contributed by atoms with van der Waals surface area (Å²) in [7, 11) is 3.75. The molecule has 33 heavy (non-hydrogen) atoms. The first-order chi connectivity index (χ1) is 15.5. The van der Waals surface area contributed by atoms with Crippen molar-refractivity contribution in [1.29, 1.82) is 0 Å². The van der Waals surface area contributed by atoms with Gasteiger partial charge in [-0.1, -0.05) is 36.4 Å². The molecule has 1 saturated heterocycles. The van der Waals surface area contributed by atoms with E-state index in [9.17, 15) is 4.79 Å². The minimum atomic E-state index is -0.0282. The van der Waals surface area contributed by atoms with Crippen LogP contribution in [-0.2, 0) is 16.1 Å². The third-order valence-corrected chi connectivity index (χ3v) is 5.32. The van der Waals surface area contributed by atoms with Crippen molar-refractivity contribution in [2.45, 2.75) is 26.5 Å². The largest absolute Gasteiger partial charge is 0.370 e. The molecule has 1 fully saturated rings. The molecule has 3 rings (SSSR count). The summed E-state index contributed by atoms with van der Waals surface area (Å²) in [5.74, 6) is 0.857. The van der Waals surface area contributed by atoms with Gasteiger partial charge in [0.05, 0.1) is 26.2 Å². The molecular weight excluding hydrogens is 529 g/mol. The van der Waals surface area contributed by atoms with Gasteiger partial charge in [-0.05, 0) is 56.8 Å². The van der Waals surface area contributed by atoms with Crippen LogP contribution in [0.4, 0.5) is 5.69 Å². The molecule has 8 heteroatoms. The van der Waals surface area contributed by atoms with E-state index in [1.54, 1.807) is 0 Å². The van der Waals surface area contributed by atoms with Gasteiger partial charge in [-0.3, -0.25) is 4.79 Å². The monoisotopic (exact) mass is 565 g/mol. The second kappa shape index (κ2) is 13.5. The van der Waals surface area contributed by atoms with Gasteiger partial charge in [0.1, 0.15) is 6.10 Å². The van der Waals surface area contributed by atoms with Gasteiger partial charge in [0.15, 0.2) is 5.96 Å². The fraction of sp³-hybridized carbons (Fsp3) is 0.440. The Morgan fingerprint density at radius 2 is 2.00 bits per heavy atom. The summed E-state index contributed by atoms with van der Waals surface area (Å²) in [6, 6.07) is 16.3. The molecule has 0 bridgehead atoms. The molecule has 1 heterocycles. The lowest BCUT2D eigenvalue weighted by molar-refractivity contribution is -0.116. The summed E-state index contributed by atoms with van der Waals surface area (Å²) >= 11 is 0. The Balaban J connectivity index is 0.00000385. The van der Waals surface area contributed by atoms with Crippen LogP contribution in [0.5, 0.6) is 0 Å². The maximum absolute atomic E-state index is 12.1. The van der Waals surface area contributed by atoms with E-state index in [4.69, 9.17) is 9.73 Å². The summed E-state index contributed by atoms with van der Waals surface area (Å²) in [6.07, 6.45) is 0.0315. The van der Waals surface area contributed by atoms with Gasteiger partial charge >= 0.3 is 0 Å². The van der Waals surface area contributed by atoms with E-state index in [-0.39, 0.29) is 36.0 Å². The van der Waals surface area contributed by atoms with E-state index >= 15 is 0 Å². The predicted octanol–water partition coefficient (Wildman–Crippen LogP) is 3.65. The van der Waals surface area contributed by atoms with Crippen LogP contribution >= 0.6 is 24.0 Å². The number of nitrogens with one attached hydrogen (secondary N) is 2. The molecule has 0 saturated carbocycles. The Kier molecular flexibility index (Phi) is 11.1. The van der Waals surface area contributed by atoms with Gasteiger partial charge in [-0.15, -0.1) is 24.0 Å². The molecule has 0 aromatic heterocycles. The first-order valence-electron chi connectivity index (χ1n) is 11.2. The number of amides is 1. The van der Waals surface area contributed by atoms with Crippen molar-refractivity contribution < 1.29 is 9.53 Å². The summed E-state index contributed by atoms with van der Waals surface area (Å²) in [5, 5.41) is 6.37. The third-order valence-electron chi connectivity index (χ3n) is 5.32.